The molecule has 0 bridgehead atoms. The van der Waals surface area contributed by atoms with Crippen molar-refractivity contribution in [3.8, 4) is 0 Å². The molecule has 2 rings (SSSR count). The van der Waals surface area contributed by atoms with Gasteiger partial charge >= 0.3 is 0 Å². The third kappa shape index (κ3) is 2.22. The molecule has 3 N–H and O–H groups in total. The maximum absolute atomic E-state index is 5.95. The fourth-order valence-electron chi connectivity index (χ4n) is 1.76. The summed E-state index contributed by atoms with van der Waals surface area (Å²) in [5.74, 6) is 0.860. The molecule has 2 aromatic rings. The second kappa shape index (κ2) is 4.45. The molecule has 5 nitrogen and oxygen atoms in total. The Kier molecular flexibility index (Phi) is 2.99. The van der Waals surface area contributed by atoms with Crippen molar-refractivity contribution >= 4 is 11.5 Å². The SMILES string of the molecule is Cc1cnccc1CNc1c(N)c(C)nn1C. The van der Waals surface area contributed by atoms with Gasteiger partial charge in [0, 0.05) is 26.0 Å². The van der Waals surface area contributed by atoms with Crippen LogP contribution in [-0.2, 0) is 13.6 Å². The molecule has 0 unspecified atom stereocenters. The number of aryl methyl sites for hydroxylation is 3. The molecule has 0 spiro atoms. The van der Waals surface area contributed by atoms with Gasteiger partial charge in [0.2, 0.25) is 0 Å². The third-order valence-electron chi connectivity index (χ3n) is 2.85. The van der Waals surface area contributed by atoms with Gasteiger partial charge in [0.1, 0.15) is 5.82 Å². The van der Waals surface area contributed by atoms with Gasteiger partial charge in [-0.3, -0.25) is 9.67 Å². The van der Waals surface area contributed by atoms with E-state index in [9.17, 15) is 0 Å². The molecular formula is C12H17N5. The molecular weight excluding hydrogens is 214 g/mol. The lowest BCUT2D eigenvalue weighted by atomic mass is 10.1. The number of aromatic nitrogens is 3. The van der Waals surface area contributed by atoms with E-state index in [1.807, 2.05) is 33.2 Å². The Bertz CT molecular complexity index is 530. The van der Waals surface area contributed by atoms with Crippen molar-refractivity contribution in [1.82, 2.24) is 14.8 Å². The largest absolute Gasteiger partial charge is 0.394 e. The first-order chi connectivity index (χ1) is 8.09. The molecule has 0 aromatic carbocycles. The summed E-state index contributed by atoms with van der Waals surface area (Å²) >= 11 is 0. The zero-order chi connectivity index (χ0) is 12.4. The van der Waals surface area contributed by atoms with Crippen molar-refractivity contribution < 1.29 is 0 Å². The van der Waals surface area contributed by atoms with Gasteiger partial charge in [0.15, 0.2) is 0 Å². The molecule has 90 valence electrons. The van der Waals surface area contributed by atoms with Crippen LogP contribution < -0.4 is 11.1 Å². The number of hydrogen-bond donors (Lipinski definition) is 2. The van der Waals surface area contributed by atoms with Crippen LogP contribution in [0.2, 0.25) is 0 Å². The lowest BCUT2D eigenvalue weighted by Gasteiger charge is -2.09. The number of nitrogens with one attached hydrogen (secondary N) is 1. The number of pyridine rings is 1. The van der Waals surface area contributed by atoms with Gasteiger partial charge in [-0.05, 0) is 31.0 Å². The summed E-state index contributed by atoms with van der Waals surface area (Å²) in [5.41, 5.74) is 9.87. The van der Waals surface area contributed by atoms with E-state index in [0.29, 0.717) is 5.69 Å². The van der Waals surface area contributed by atoms with Gasteiger partial charge in [0.25, 0.3) is 0 Å². The molecule has 0 saturated carbocycles. The number of rotatable bonds is 3. The second-order valence-electron chi connectivity index (χ2n) is 4.13. The zero-order valence-electron chi connectivity index (χ0n) is 10.4. The van der Waals surface area contributed by atoms with Gasteiger partial charge in [-0.1, -0.05) is 0 Å². The highest BCUT2D eigenvalue weighted by atomic mass is 15.3. The summed E-state index contributed by atoms with van der Waals surface area (Å²) in [4.78, 5) is 4.07. The van der Waals surface area contributed by atoms with E-state index in [-0.39, 0.29) is 0 Å². The topological polar surface area (TPSA) is 68.8 Å². The lowest BCUT2D eigenvalue weighted by Crippen LogP contribution is -2.07. The summed E-state index contributed by atoms with van der Waals surface area (Å²) in [6.07, 6.45) is 3.65. The van der Waals surface area contributed by atoms with Crippen molar-refractivity contribution in [2.24, 2.45) is 7.05 Å². The normalized spacial score (nSPS) is 10.5. The van der Waals surface area contributed by atoms with Crippen LogP contribution in [-0.4, -0.2) is 14.8 Å². The zero-order valence-corrected chi connectivity index (χ0v) is 10.4. The predicted molar refractivity (Wildman–Crippen MR) is 68.7 cm³/mol. The smallest absolute Gasteiger partial charge is 0.148 e. The number of anilines is 2. The molecule has 5 heteroatoms. The molecule has 0 amide bonds. The quantitative estimate of drug-likeness (QED) is 0.842. The van der Waals surface area contributed by atoms with Crippen molar-refractivity contribution in [2.45, 2.75) is 20.4 Å². The third-order valence-corrected chi connectivity index (χ3v) is 2.85. The maximum atomic E-state index is 5.95. The molecule has 0 aliphatic carbocycles. The van der Waals surface area contributed by atoms with Crippen LogP contribution >= 0.6 is 0 Å². The second-order valence-corrected chi connectivity index (χ2v) is 4.13. The van der Waals surface area contributed by atoms with Crippen LogP contribution in [0.15, 0.2) is 18.5 Å². The van der Waals surface area contributed by atoms with Crippen LogP contribution in [0.5, 0.6) is 0 Å². The van der Waals surface area contributed by atoms with Crippen LogP contribution in [0, 0.1) is 13.8 Å². The molecule has 17 heavy (non-hydrogen) atoms. The van der Waals surface area contributed by atoms with E-state index < -0.39 is 0 Å². The Morgan fingerprint density at radius 3 is 2.76 bits per heavy atom. The highest BCUT2D eigenvalue weighted by Crippen LogP contribution is 2.21. The van der Waals surface area contributed by atoms with Gasteiger partial charge in [-0.15, -0.1) is 0 Å². The van der Waals surface area contributed by atoms with Crippen molar-refractivity contribution in [3.05, 3.63) is 35.3 Å². The average Bonchev–Trinajstić information content (AvgIpc) is 2.53. The highest BCUT2D eigenvalue weighted by Gasteiger charge is 2.09. The molecule has 0 aliphatic rings. The molecule has 0 saturated heterocycles. The van der Waals surface area contributed by atoms with E-state index >= 15 is 0 Å². The predicted octanol–water partition coefficient (Wildman–Crippen LogP) is 1.63. The van der Waals surface area contributed by atoms with E-state index in [1.165, 1.54) is 5.56 Å². The highest BCUT2D eigenvalue weighted by molar-refractivity contribution is 5.64. The molecule has 2 aromatic heterocycles. The van der Waals surface area contributed by atoms with Crippen LogP contribution in [0.25, 0.3) is 0 Å². The number of nitrogens with zero attached hydrogens (tertiary/aromatic N) is 3. The van der Waals surface area contributed by atoms with Gasteiger partial charge in [-0.2, -0.15) is 5.10 Å². The van der Waals surface area contributed by atoms with Gasteiger partial charge in [0.05, 0.1) is 11.4 Å². The first-order valence-corrected chi connectivity index (χ1v) is 5.52. The van der Waals surface area contributed by atoms with E-state index in [2.05, 4.69) is 15.4 Å². The van der Waals surface area contributed by atoms with Crippen LogP contribution in [0.3, 0.4) is 0 Å². The first-order valence-electron chi connectivity index (χ1n) is 5.52. The van der Waals surface area contributed by atoms with Crippen LogP contribution in [0.1, 0.15) is 16.8 Å². The minimum atomic E-state index is 0.708. The Morgan fingerprint density at radius 1 is 1.41 bits per heavy atom. The summed E-state index contributed by atoms with van der Waals surface area (Å²) in [5, 5.41) is 7.57. The molecule has 0 atom stereocenters. The van der Waals surface area contributed by atoms with Gasteiger partial charge in [-0.25, -0.2) is 0 Å². The molecule has 0 radical (unpaired) electrons. The van der Waals surface area contributed by atoms with Crippen molar-refractivity contribution in [2.75, 3.05) is 11.1 Å². The lowest BCUT2D eigenvalue weighted by molar-refractivity contribution is 0.758. The first kappa shape index (κ1) is 11.4. The van der Waals surface area contributed by atoms with E-state index in [1.54, 1.807) is 10.9 Å². The van der Waals surface area contributed by atoms with E-state index in [4.69, 9.17) is 5.73 Å². The standard InChI is InChI=1S/C12H17N5/c1-8-6-14-5-4-10(8)7-15-12-11(13)9(2)16-17(12)3/h4-6,15H,7,13H2,1-3H3. The number of hydrogen-bond acceptors (Lipinski definition) is 4. The molecule has 0 fully saturated rings. The van der Waals surface area contributed by atoms with Gasteiger partial charge < -0.3 is 11.1 Å². The Balaban J connectivity index is 2.15. The van der Waals surface area contributed by atoms with Crippen molar-refractivity contribution in [1.29, 1.82) is 0 Å². The fourth-order valence-corrected chi connectivity index (χ4v) is 1.76. The summed E-state index contributed by atoms with van der Waals surface area (Å²) < 4.78 is 1.77. The minimum Gasteiger partial charge on any atom is -0.394 e. The Labute approximate surface area is 101 Å². The summed E-state index contributed by atoms with van der Waals surface area (Å²) in [6, 6.07) is 2.00. The summed E-state index contributed by atoms with van der Waals surface area (Å²) in [7, 11) is 1.88. The summed E-state index contributed by atoms with van der Waals surface area (Å²) in [6.45, 7) is 4.66. The minimum absolute atomic E-state index is 0.708. The monoisotopic (exact) mass is 231 g/mol. The number of nitrogen functional groups attached to an aromatic ring is 1. The number of nitrogens with two attached hydrogens (primary N) is 1. The maximum Gasteiger partial charge on any atom is 0.148 e. The van der Waals surface area contributed by atoms with Crippen LogP contribution in [0.4, 0.5) is 11.5 Å². The van der Waals surface area contributed by atoms with E-state index in [0.717, 1.165) is 23.6 Å². The Hall–Kier alpha value is -2.04. The van der Waals surface area contributed by atoms with Crippen molar-refractivity contribution in [3.63, 3.8) is 0 Å². The molecule has 0 aliphatic heterocycles. The Morgan fingerprint density at radius 2 is 2.18 bits per heavy atom. The average molecular weight is 231 g/mol. The fraction of sp³-hybridized carbons (Fsp3) is 0.333. The molecule has 2 heterocycles.